The van der Waals surface area contributed by atoms with Crippen LogP contribution in [-0.4, -0.2) is 19.5 Å². The maximum Gasteiger partial charge on any atom is 0.417 e. The fourth-order valence-corrected chi connectivity index (χ4v) is 1.64. The zero-order chi connectivity index (χ0) is 13.8. The van der Waals surface area contributed by atoms with E-state index in [4.69, 9.17) is 4.74 Å². The van der Waals surface area contributed by atoms with E-state index < -0.39 is 23.4 Å². The van der Waals surface area contributed by atoms with Crippen LogP contribution in [-0.2, 0) is 10.9 Å². The van der Waals surface area contributed by atoms with Crippen LogP contribution < -0.4 is 0 Å². The van der Waals surface area contributed by atoms with Gasteiger partial charge in [-0.05, 0) is 12.5 Å². The summed E-state index contributed by atoms with van der Waals surface area (Å²) in [5.41, 5.74) is -1.15. The Morgan fingerprint density at radius 1 is 1.33 bits per heavy atom. The summed E-state index contributed by atoms with van der Waals surface area (Å²) < 4.78 is 43.1. The first kappa shape index (κ1) is 14.7. The largest absolute Gasteiger partial charge is 0.417 e. The van der Waals surface area contributed by atoms with E-state index in [1.165, 1.54) is 25.3 Å². The average molecular weight is 260 g/mol. The summed E-state index contributed by atoms with van der Waals surface area (Å²) in [6.07, 6.45) is -4.10. The lowest BCUT2D eigenvalue weighted by molar-refractivity contribution is -0.137. The first-order chi connectivity index (χ1) is 8.38. The van der Waals surface area contributed by atoms with E-state index >= 15 is 0 Å². The number of hydrogen-bond donors (Lipinski definition) is 0. The summed E-state index contributed by atoms with van der Waals surface area (Å²) in [6.45, 7) is 1.95. The van der Waals surface area contributed by atoms with E-state index in [1.807, 2.05) is 0 Å². The molecule has 5 heteroatoms. The maximum atomic E-state index is 12.7. The topological polar surface area (TPSA) is 26.3 Å². The molecule has 100 valence electrons. The van der Waals surface area contributed by atoms with Crippen molar-refractivity contribution in [1.82, 2.24) is 0 Å². The van der Waals surface area contributed by atoms with E-state index in [2.05, 4.69) is 0 Å². The lowest BCUT2D eigenvalue weighted by Gasteiger charge is -2.15. The molecule has 1 rings (SSSR count). The number of ether oxygens (including phenoxy) is 1. The third-order valence-corrected chi connectivity index (χ3v) is 2.70. The van der Waals surface area contributed by atoms with Gasteiger partial charge in [0.15, 0.2) is 5.78 Å². The molecule has 1 aromatic rings. The Labute approximate surface area is 104 Å². The molecule has 0 aliphatic rings. The van der Waals surface area contributed by atoms with E-state index in [0.29, 0.717) is 13.0 Å². The summed E-state index contributed by atoms with van der Waals surface area (Å²) in [5, 5.41) is 0. The van der Waals surface area contributed by atoms with Crippen molar-refractivity contribution in [2.75, 3.05) is 13.7 Å². The second-order valence-corrected chi connectivity index (χ2v) is 4.09. The van der Waals surface area contributed by atoms with Crippen LogP contribution in [0.3, 0.4) is 0 Å². The molecule has 1 atom stereocenters. The smallest absolute Gasteiger partial charge is 0.385 e. The fourth-order valence-electron chi connectivity index (χ4n) is 1.64. The number of hydrogen-bond acceptors (Lipinski definition) is 2. The molecule has 1 aromatic carbocycles. The van der Waals surface area contributed by atoms with Gasteiger partial charge < -0.3 is 4.74 Å². The number of methoxy groups -OCH3 is 1. The molecular weight excluding hydrogens is 245 g/mol. The second kappa shape index (κ2) is 6.00. The van der Waals surface area contributed by atoms with Gasteiger partial charge >= 0.3 is 6.18 Å². The van der Waals surface area contributed by atoms with Crippen LogP contribution in [0, 0.1) is 5.92 Å². The quantitative estimate of drug-likeness (QED) is 0.757. The first-order valence-electron chi connectivity index (χ1n) is 5.57. The second-order valence-electron chi connectivity index (χ2n) is 4.09. The Morgan fingerprint density at radius 2 is 1.94 bits per heavy atom. The molecular formula is C13H15F3O2. The van der Waals surface area contributed by atoms with E-state index in [-0.39, 0.29) is 5.56 Å². The minimum absolute atomic E-state index is 0.270. The van der Waals surface area contributed by atoms with Crippen LogP contribution in [0.5, 0.6) is 0 Å². The minimum Gasteiger partial charge on any atom is -0.385 e. The number of Topliss-reactive ketones (excluding diaryl/α,β-unsaturated/α-hetero) is 1. The number of rotatable bonds is 5. The monoisotopic (exact) mass is 260 g/mol. The van der Waals surface area contributed by atoms with Crippen molar-refractivity contribution in [3.63, 3.8) is 0 Å². The van der Waals surface area contributed by atoms with Gasteiger partial charge in [0.1, 0.15) is 0 Å². The van der Waals surface area contributed by atoms with Crippen LogP contribution in [0.15, 0.2) is 24.3 Å². The Hall–Kier alpha value is -1.36. The van der Waals surface area contributed by atoms with Gasteiger partial charge in [0.05, 0.1) is 5.56 Å². The molecule has 0 spiro atoms. The highest BCUT2D eigenvalue weighted by Gasteiger charge is 2.35. The molecule has 1 unspecified atom stereocenters. The molecule has 0 aliphatic heterocycles. The van der Waals surface area contributed by atoms with Gasteiger partial charge in [-0.2, -0.15) is 13.2 Å². The van der Waals surface area contributed by atoms with Crippen molar-refractivity contribution in [2.45, 2.75) is 19.5 Å². The lowest BCUT2D eigenvalue weighted by atomic mass is 9.93. The molecule has 0 bridgehead atoms. The number of carbonyl (C=O) groups excluding carboxylic acids is 1. The SMILES string of the molecule is COCCC(C)C(=O)c1ccccc1C(F)(F)F. The zero-order valence-corrected chi connectivity index (χ0v) is 10.3. The van der Waals surface area contributed by atoms with Crippen molar-refractivity contribution < 1.29 is 22.7 Å². The predicted octanol–water partition coefficient (Wildman–Crippen LogP) is 3.56. The highest BCUT2D eigenvalue weighted by atomic mass is 19.4. The Morgan fingerprint density at radius 3 is 2.50 bits per heavy atom. The Bertz CT molecular complexity index is 413. The van der Waals surface area contributed by atoms with Gasteiger partial charge in [-0.1, -0.05) is 25.1 Å². The number of halogens is 3. The molecule has 0 N–H and O–H groups in total. The Kier molecular flexibility index (Phi) is 4.90. The van der Waals surface area contributed by atoms with Gasteiger partial charge in [0, 0.05) is 25.2 Å². The molecule has 2 nitrogen and oxygen atoms in total. The number of carbonyl (C=O) groups is 1. The zero-order valence-electron chi connectivity index (χ0n) is 10.3. The maximum absolute atomic E-state index is 12.7. The fraction of sp³-hybridized carbons (Fsp3) is 0.462. The number of ketones is 1. The van der Waals surface area contributed by atoms with Crippen molar-refractivity contribution in [1.29, 1.82) is 0 Å². The van der Waals surface area contributed by atoms with Crippen molar-refractivity contribution >= 4 is 5.78 Å². The van der Waals surface area contributed by atoms with Crippen LogP contribution in [0.25, 0.3) is 0 Å². The summed E-state index contributed by atoms with van der Waals surface area (Å²) in [7, 11) is 1.49. The molecule has 0 aliphatic carbocycles. The van der Waals surface area contributed by atoms with Gasteiger partial charge in [-0.25, -0.2) is 0 Å². The molecule has 0 aromatic heterocycles. The van der Waals surface area contributed by atoms with Crippen LogP contribution in [0.1, 0.15) is 29.3 Å². The summed E-state index contributed by atoms with van der Waals surface area (Å²) in [4.78, 5) is 12.0. The highest BCUT2D eigenvalue weighted by molar-refractivity contribution is 5.99. The molecule has 0 amide bonds. The van der Waals surface area contributed by atoms with Gasteiger partial charge in [0.2, 0.25) is 0 Å². The standard InChI is InChI=1S/C13H15F3O2/c1-9(7-8-18-2)12(17)10-5-3-4-6-11(10)13(14,15)16/h3-6,9H,7-8H2,1-2H3. The van der Waals surface area contributed by atoms with E-state index in [1.54, 1.807) is 6.92 Å². The van der Waals surface area contributed by atoms with Gasteiger partial charge in [-0.3, -0.25) is 4.79 Å². The van der Waals surface area contributed by atoms with Crippen molar-refractivity contribution in [3.8, 4) is 0 Å². The lowest BCUT2D eigenvalue weighted by Crippen LogP contribution is -2.19. The third kappa shape index (κ3) is 3.57. The average Bonchev–Trinajstić information content (AvgIpc) is 2.34. The summed E-state index contributed by atoms with van der Waals surface area (Å²) in [6, 6.07) is 4.86. The molecule has 0 saturated heterocycles. The van der Waals surface area contributed by atoms with Crippen molar-refractivity contribution in [3.05, 3.63) is 35.4 Å². The predicted molar refractivity (Wildman–Crippen MR) is 61.4 cm³/mol. The molecule has 18 heavy (non-hydrogen) atoms. The van der Waals surface area contributed by atoms with Gasteiger partial charge in [-0.15, -0.1) is 0 Å². The van der Waals surface area contributed by atoms with E-state index in [0.717, 1.165) is 6.07 Å². The van der Waals surface area contributed by atoms with Crippen molar-refractivity contribution in [2.24, 2.45) is 5.92 Å². The molecule has 0 radical (unpaired) electrons. The third-order valence-electron chi connectivity index (χ3n) is 2.70. The van der Waals surface area contributed by atoms with Crippen LogP contribution in [0.2, 0.25) is 0 Å². The highest BCUT2D eigenvalue weighted by Crippen LogP contribution is 2.33. The number of alkyl halides is 3. The van der Waals surface area contributed by atoms with Crippen LogP contribution >= 0.6 is 0 Å². The normalized spacial score (nSPS) is 13.4. The minimum atomic E-state index is -4.51. The van der Waals surface area contributed by atoms with Crippen LogP contribution in [0.4, 0.5) is 13.2 Å². The van der Waals surface area contributed by atoms with Gasteiger partial charge in [0.25, 0.3) is 0 Å². The number of benzene rings is 1. The summed E-state index contributed by atoms with van der Waals surface area (Å²) in [5.74, 6) is -0.992. The first-order valence-corrected chi connectivity index (χ1v) is 5.57. The molecule has 0 saturated carbocycles. The summed E-state index contributed by atoms with van der Waals surface area (Å²) >= 11 is 0. The Balaban J connectivity index is 2.99. The molecule has 0 heterocycles. The molecule has 0 fully saturated rings. The van der Waals surface area contributed by atoms with E-state index in [9.17, 15) is 18.0 Å².